The Kier molecular flexibility index (Phi) is 34.0. The molecule has 1 unspecified atom stereocenters. The fraction of sp³-hybridized carbons (Fsp3) is 0.923. The van der Waals surface area contributed by atoms with Gasteiger partial charge in [0, 0.05) is 19.3 Å². The Morgan fingerprint density at radius 2 is 0.600 bits per heavy atom. The Morgan fingerprint density at radius 1 is 0.356 bits per heavy atom. The number of carbonyl (C=O) groups excluding carboxylic acids is 3. The quantitative estimate of drug-likeness (QED) is 0.0390. The maximum absolute atomic E-state index is 12.6. The highest BCUT2D eigenvalue weighted by Crippen LogP contribution is 2.14. The van der Waals surface area contributed by atoms with E-state index in [9.17, 15) is 14.4 Å². The van der Waals surface area contributed by atoms with Gasteiger partial charge < -0.3 is 14.2 Å². The van der Waals surface area contributed by atoms with Crippen LogP contribution in [0.5, 0.6) is 0 Å². The van der Waals surface area contributed by atoms with E-state index in [1.165, 1.54) is 116 Å². The van der Waals surface area contributed by atoms with Crippen LogP contribution in [0.3, 0.4) is 0 Å². The lowest BCUT2D eigenvalue weighted by Gasteiger charge is -2.18. The van der Waals surface area contributed by atoms with E-state index in [1.54, 1.807) is 0 Å². The topological polar surface area (TPSA) is 78.9 Å². The number of hydrogen-bond acceptors (Lipinski definition) is 6. The summed E-state index contributed by atoms with van der Waals surface area (Å²) < 4.78 is 16.5. The van der Waals surface area contributed by atoms with Crippen molar-refractivity contribution in [1.29, 1.82) is 0 Å². The first-order valence-corrected chi connectivity index (χ1v) is 19.5. The number of unbranched alkanes of at least 4 members (excludes halogenated alkanes) is 24. The third-order valence-electron chi connectivity index (χ3n) is 8.61. The molecule has 0 saturated carbocycles. The van der Waals surface area contributed by atoms with Crippen LogP contribution in [0.2, 0.25) is 0 Å². The maximum atomic E-state index is 12.6. The molecular formula is C39H74O6. The standard InChI is InChI=1S/C39H74O6/c1-4-7-10-13-16-18-20-22-23-26-29-32-38(41)44-35-36(34-43-37(40)31-28-25-15-12-9-6-3)45-39(42)33-30-27-24-21-19-17-14-11-8-5-2/h36H,4-35H2,1-3H3. The summed E-state index contributed by atoms with van der Waals surface area (Å²) in [5.41, 5.74) is 0. The number of rotatable bonds is 35. The van der Waals surface area contributed by atoms with Crippen LogP contribution < -0.4 is 0 Å². The summed E-state index contributed by atoms with van der Waals surface area (Å²) in [6.45, 7) is 6.55. The molecule has 0 amide bonds. The zero-order chi connectivity index (χ0) is 33.1. The zero-order valence-corrected chi connectivity index (χ0v) is 30.2. The minimum Gasteiger partial charge on any atom is -0.462 e. The molecule has 0 aromatic rings. The molecule has 0 aliphatic carbocycles. The monoisotopic (exact) mass is 639 g/mol. The molecule has 0 bridgehead atoms. The highest BCUT2D eigenvalue weighted by Gasteiger charge is 2.19. The molecule has 45 heavy (non-hydrogen) atoms. The molecule has 0 N–H and O–H groups in total. The second-order valence-electron chi connectivity index (χ2n) is 13.2. The second kappa shape index (κ2) is 35.3. The third-order valence-corrected chi connectivity index (χ3v) is 8.61. The second-order valence-corrected chi connectivity index (χ2v) is 13.2. The van der Waals surface area contributed by atoms with E-state index in [-0.39, 0.29) is 31.1 Å². The van der Waals surface area contributed by atoms with Crippen molar-refractivity contribution in [3.63, 3.8) is 0 Å². The van der Waals surface area contributed by atoms with Crippen LogP contribution in [0.15, 0.2) is 0 Å². The average Bonchev–Trinajstić information content (AvgIpc) is 3.03. The van der Waals surface area contributed by atoms with Gasteiger partial charge in [0.1, 0.15) is 13.2 Å². The lowest BCUT2D eigenvalue weighted by atomic mass is 10.1. The summed E-state index contributed by atoms with van der Waals surface area (Å²) in [6, 6.07) is 0. The summed E-state index contributed by atoms with van der Waals surface area (Å²) >= 11 is 0. The highest BCUT2D eigenvalue weighted by molar-refractivity contribution is 5.71. The van der Waals surface area contributed by atoms with Crippen molar-refractivity contribution in [2.75, 3.05) is 13.2 Å². The summed E-state index contributed by atoms with van der Waals surface area (Å²) in [5.74, 6) is -0.874. The van der Waals surface area contributed by atoms with Gasteiger partial charge in [-0.25, -0.2) is 0 Å². The molecule has 0 radical (unpaired) electrons. The van der Waals surface area contributed by atoms with E-state index in [1.807, 2.05) is 0 Å². The van der Waals surface area contributed by atoms with Gasteiger partial charge in [-0.1, -0.05) is 175 Å². The van der Waals surface area contributed by atoms with Crippen molar-refractivity contribution in [3.05, 3.63) is 0 Å². The Morgan fingerprint density at radius 3 is 0.889 bits per heavy atom. The van der Waals surface area contributed by atoms with E-state index < -0.39 is 6.10 Å². The predicted octanol–water partition coefficient (Wildman–Crippen LogP) is 11.7. The van der Waals surface area contributed by atoms with E-state index in [4.69, 9.17) is 14.2 Å². The van der Waals surface area contributed by atoms with Crippen molar-refractivity contribution in [3.8, 4) is 0 Å². The number of ether oxygens (including phenoxy) is 3. The Labute approximate surface area is 278 Å². The van der Waals surface area contributed by atoms with Crippen LogP contribution in [0.1, 0.15) is 213 Å². The largest absolute Gasteiger partial charge is 0.462 e. The summed E-state index contributed by atoms with van der Waals surface area (Å²) in [7, 11) is 0. The fourth-order valence-corrected chi connectivity index (χ4v) is 5.62. The molecule has 0 spiro atoms. The van der Waals surface area contributed by atoms with Crippen LogP contribution in [0.4, 0.5) is 0 Å². The summed E-state index contributed by atoms with van der Waals surface area (Å²) in [5, 5.41) is 0. The van der Waals surface area contributed by atoms with Gasteiger partial charge in [-0.2, -0.15) is 0 Å². The van der Waals surface area contributed by atoms with Crippen LogP contribution >= 0.6 is 0 Å². The molecule has 0 rings (SSSR count). The van der Waals surface area contributed by atoms with Gasteiger partial charge in [-0.3, -0.25) is 14.4 Å². The first-order valence-electron chi connectivity index (χ1n) is 19.5. The fourth-order valence-electron chi connectivity index (χ4n) is 5.62. The zero-order valence-electron chi connectivity index (χ0n) is 30.2. The summed E-state index contributed by atoms with van der Waals surface area (Å²) in [6.07, 6.45) is 32.4. The molecule has 0 aliphatic heterocycles. The summed E-state index contributed by atoms with van der Waals surface area (Å²) in [4.78, 5) is 37.2. The van der Waals surface area contributed by atoms with Gasteiger partial charge in [-0.05, 0) is 19.3 Å². The number of carbonyl (C=O) groups is 3. The van der Waals surface area contributed by atoms with Crippen molar-refractivity contribution < 1.29 is 28.6 Å². The Hall–Kier alpha value is -1.59. The van der Waals surface area contributed by atoms with E-state index in [0.717, 1.165) is 57.8 Å². The molecule has 0 aromatic carbocycles. The molecule has 0 aliphatic rings. The van der Waals surface area contributed by atoms with E-state index in [2.05, 4.69) is 20.8 Å². The molecule has 0 fully saturated rings. The van der Waals surface area contributed by atoms with Gasteiger partial charge >= 0.3 is 17.9 Å². The van der Waals surface area contributed by atoms with Crippen molar-refractivity contribution in [1.82, 2.24) is 0 Å². The molecule has 0 heterocycles. The number of hydrogen-bond donors (Lipinski definition) is 0. The lowest BCUT2D eigenvalue weighted by Crippen LogP contribution is -2.30. The lowest BCUT2D eigenvalue weighted by molar-refractivity contribution is -0.167. The molecule has 0 saturated heterocycles. The predicted molar refractivity (Wildman–Crippen MR) is 187 cm³/mol. The minimum atomic E-state index is -0.754. The number of esters is 3. The average molecular weight is 639 g/mol. The molecule has 266 valence electrons. The first-order chi connectivity index (χ1) is 22.0. The van der Waals surface area contributed by atoms with Crippen LogP contribution in [-0.2, 0) is 28.6 Å². The van der Waals surface area contributed by atoms with Crippen molar-refractivity contribution in [2.45, 2.75) is 219 Å². The molecule has 6 heteroatoms. The van der Waals surface area contributed by atoms with Gasteiger partial charge in [-0.15, -0.1) is 0 Å². The smallest absolute Gasteiger partial charge is 0.306 e. The van der Waals surface area contributed by atoms with E-state index in [0.29, 0.717) is 19.3 Å². The third kappa shape index (κ3) is 33.6. The minimum absolute atomic E-state index is 0.0646. The first kappa shape index (κ1) is 43.4. The van der Waals surface area contributed by atoms with E-state index >= 15 is 0 Å². The van der Waals surface area contributed by atoms with Crippen LogP contribution in [-0.4, -0.2) is 37.2 Å². The van der Waals surface area contributed by atoms with Crippen molar-refractivity contribution in [2.24, 2.45) is 0 Å². The SMILES string of the molecule is CCCCCCCCCCCCCC(=O)OCC(COC(=O)CCCCCCCC)OC(=O)CCCCCCCCCCCC. The van der Waals surface area contributed by atoms with Crippen LogP contribution in [0, 0.1) is 0 Å². The van der Waals surface area contributed by atoms with Gasteiger partial charge in [0.2, 0.25) is 0 Å². The maximum Gasteiger partial charge on any atom is 0.306 e. The normalized spacial score (nSPS) is 11.8. The van der Waals surface area contributed by atoms with Gasteiger partial charge in [0.05, 0.1) is 0 Å². The Balaban J connectivity index is 4.30. The van der Waals surface area contributed by atoms with Crippen LogP contribution in [0.25, 0.3) is 0 Å². The highest BCUT2D eigenvalue weighted by atomic mass is 16.6. The molecule has 0 aromatic heterocycles. The van der Waals surface area contributed by atoms with Gasteiger partial charge in [0.15, 0.2) is 6.10 Å². The Bertz CT molecular complexity index is 664. The molecule has 1 atom stereocenters. The van der Waals surface area contributed by atoms with Gasteiger partial charge in [0.25, 0.3) is 0 Å². The molecule has 6 nitrogen and oxygen atoms in total. The molecular weight excluding hydrogens is 564 g/mol. The van der Waals surface area contributed by atoms with Crippen molar-refractivity contribution >= 4 is 17.9 Å².